The van der Waals surface area contributed by atoms with E-state index in [0.29, 0.717) is 38.3 Å². The van der Waals surface area contributed by atoms with Gasteiger partial charge in [-0.25, -0.2) is 20.0 Å². The van der Waals surface area contributed by atoms with Crippen LogP contribution in [-0.4, -0.2) is 48.5 Å². The number of benzene rings is 2. The maximum absolute atomic E-state index is 13.0. The number of hydrogen-bond acceptors (Lipinski definition) is 7. The highest BCUT2D eigenvalue weighted by Crippen LogP contribution is 2.45. The van der Waals surface area contributed by atoms with Gasteiger partial charge in [0.05, 0.1) is 30.0 Å². The van der Waals surface area contributed by atoms with Crippen molar-refractivity contribution < 1.29 is 4.79 Å². The summed E-state index contributed by atoms with van der Waals surface area (Å²) in [7, 11) is 0. The van der Waals surface area contributed by atoms with Crippen molar-refractivity contribution in [3.05, 3.63) is 78.4 Å². The quantitative estimate of drug-likeness (QED) is 0.384. The van der Waals surface area contributed by atoms with Crippen molar-refractivity contribution in [2.75, 3.05) is 18.4 Å². The van der Waals surface area contributed by atoms with E-state index in [1.807, 2.05) is 28.8 Å². The molecule has 2 aliphatic rings. The highest BCUT2D eigenvalue weighted by molar-refractivity contribution is 6.06. The normalized spacial score (nSPS) is 17.1. The minimum Gasteiger partial charge on any atom is -0.325 e. The largest absolute Gasteiger partial charge is 0.325 e. The molecule has 0 saturated carbocycles. The number of anilines is 1. The third kappa shape index (κ3) is 3.28. The molecule has 0 bridgehead atoms. The number of fused-ring (bicyclic) bond motifs is 4. The molecule has 36 heavy (non-hydrogen) atoms. The zero-order valence-corrected chi connectivity index (χ0v) is 19.6. The fourth-order valence-electron chi connectivity index (χ4n) is 5.49. The maximum Gasteiger partial charge on any atom is 0.235 e. The van der Waals surface area contributed by atoms with E-state index in [0.717, 1.165) is 44.4 Å². The monoisotopic (exact) mass is 476 g/mol. The summed E-state index contributed by atoms with van der Waals surface area (Å²) in [6.07, 6.45) is 6.76. The Hall–Kier alpha value is -4.21. The number of hydrogen-bond donors (Lipinski definition) is 2. The van der Waals surface area contributed by atoms with E-state index in [1.165, 1.54) is 0 Å². The molecular formula is C27H24N8O. The van der Waals surface area contributed by atoms with Crippen LogP contribution in [0.5, 0.6) is 0 Å². The topological polar surface area (TPSA) is 115 Å². The fraction of sp³-hybridized carbons (Fsp3) is 0.222. The first-order valence-corrected chi connectivity index (χ1v) is 12.1. The summed E-state index contributed by atoms with van der Waals surface area (Å²) in [4.78, 5) is 31.4. The van der Waals surface area contributed by atoms with Gasteiger partial charge in [-0.15, -0.1) is 0 Å². The smallest absolute Gasteiger partial charge is 0.235 e. The molecule has 178 valence electrons. The first kappa shape index (κ1) is 21.1. The van der Waals surface area contributed by atoms with Gasteiger partial charge >= 0.3 is 0 Å². The lowest BCUT2D eigenvalue weighted by atomic mass is 9.73. The van der Waals surface area contributed by atoms with Crippen molar-refractivity contribution in [2.24, 2.45) is 5.84 Å². The van der Waals surface area contributed by atoms with E-state index < -0.39 is 5.41 Å². The molecule has 1 amide bonds. The third-order valence-electron chi connectivity index (χ3n) is 7.51. The number of amides is 1. The van der Waals surface area contributed by atoms with Crippen LogP contribution in [0.3, 0.4) is 0 Å². The second-order valence-electron chi connectivity index (χ2n) is 9.64. The van der Waals surface area contributed by atoms with Crippen molar-refractivity contribution in [3.63, 3.8) is 0 Å². The Balaban J connectivity index is 1.25. The molecule has 7 rings (SSSR count). The minimum absolute atomic E-state index is 0.0581. The van der Waals surface area contributed by atoms with Crippen LogP contribution >= 0.6 is 0 Å². The summed E-state index contributed by atoms with van der Waals surface area (Å²) < 4.78 is 2.04. The van der Waals surface area contributed by atoms with Gasteiger partial charge in [0.25, 0.3) is 0 Å². The first-order chi connectivity index (χ1) is 17.6. The predicted octanol–water partition coefficient (Wildman–Crippen LogP) is 3.25. The Morgan fingerprint density at radius 3 is 2.78 bits per heavy atom. The van der Waals surface area contributed by atoms with Crippen molar-refractivity contribution in [1.29, 1.82) is 0 Å². The molecule has 9 nitrogen and oxygen atoms in total. The lowest BCUT2D eigenvalue weighted by molar-refractivity contribution is -0.122. The molecule has 1 spiro atoms. The first-order valence-electron chi connectivity index (χ1n) is 12.1. The van der Waals surface area contributed by atoms with Crippen LogP contribution in [0.25, 0.3) is 33.5 Å². The number of imidazole rings is 1. The van der Waals surface area contributed by atoms with Crippen molar-refractivity contribution in [1.82, 2.24) is 29.5 Å². The lowest BCUT2D eigenvalue weighted by Crippen LogP contribution is -2.48. The fourth-order valence-corrected chi connectivity index (χ4v) is 5.49. The lowest BCUT2D eigenvalue weighted by Gasteiger charge is -2.35. The zero-order valence-electron chi connectivity index (χ0n) is 19.6. The van der Waals surface area contributed by atoms with E-state index in [1.54, 1.807) is 23.7 Å². The van der Waals surface area contributed by atoms with Crippen LogP contribution in [0, 0.1) is 0 Å². The number of hydrazine groups is 1. The second-order valence-corrected chi connectivity index (χ2v) is 9.64. The molecule has 0 atom stereocenters. The standard InChI is InChI=1S/C27H24N8O/c28-35-10-7-27(8-11-35)20-13-19(4-6-22(20)32-26(27)36)24-30-14-23-25(33-24)34(16-31-23)15-17-3-5-21-18(12-17)2-1-9-29-21/h1-6,9,12-14,16H,7-8,10-11,15,28H2,(H,32,36). The van der Waals surface area contributed by atoms with Crippen LogP contribution in [0.2, 0.25) is 0 Å². The average Bonchev–Trinajstić information content (AvgIpc) is 3.43. The molecular weight excluding hydrogens is 452 g/mol. The molecule has 0 radical (unpaired) electrons. The SMILES string of the molecule is NN1CCC2(CC1)C(=O)Nc1ccc(-c3ncc4ncn(Cc5ccc6ncccc6c5)c4n3)cc12. The third-order valence-corrected chi connectivity index (χ3v) is 7.51. The number of piperidine rings is 1. The van der Waals surface area contributed by atoms with Gasteiger partial charge in [-0.05, 0) is 60.4 Å². The van der Waals surface area contributed by atoms with Crippen LogP contribution in [0.15, 0.2) is 67.3 Å². The minimum atomic E-state index is -0.544. The van der Waals surface area contributed by atoms with E-state index in [-0.39, 0.29) is 5.91 Å². The van der Waals surface area contributed by atoms with E-state index >= 15 is 0 Å². The van der Waals surface area contributed by atoms with Crippen LogP contribution in [-0.2, 0) is 16.8 Å². The number of aromatic nitrogens is 5. The highest BCUT2D eigenvalue weighted by Gasteiger charge is 2.48. The molecule has 5 heterocycles. The van der Waals surface area contributed by atoms with Gasteiger partial charge in [0.2, 0.25) is 5.91 Å². The Labute approximate surface area is 207 Å². The molecule has 0 aliphatic carbocycles. The summed E-state index contributed by atoms with van der Waals surface area (Å²) in [6, 6.07) is 16.3. The molecule has 3 aromatic heterocycles. The number of nitrogens with two attached hydrogens (primary N) is 1. The van der Waals surface area contributed by atoms with Gasteiger partial charge in [-0.1, -0.05) is 12.1 Å². The average molecular weight is 477 g/mol. The molecule has 1 saturated heterocycles. The van der Waals surface area contributed by atoms with Crippen molar-refractivity contribution in [3.8, 4) is 11.4 Å². The zero-order chi connectivity index (χ0) is 24.3. The number of carbonyl (C=O) groups excluding carboxylic acids is 1. The van der Waals surface area contributed by atoms with Gasteiger partial charge in [-0.2, -0.15) is 0 Å². The number of rotatable bonds is 3. The molecule has 1 fully saturated rings. The Morgan fingerprint density at radius 1 is 1.00 bits per heavy atom. The van der Waals surface area contributed by atoms with Crippen LogP contribution in [0.1, 0.15) is 24.0 Å². The number of pyridine rings is 1. The Kier molecular flexibility index (Phi) is 4.63. The number of nitrogens with zero attached hydrogens (tertiary/aromatic N) is 6. The summed E-state index contributed by atoms with van der Waals surface area (Å²) in [5, 5.41) is 5.95. The molecule has 0 unspecified atom stereocenters. The molecule has 5 aromatic rings. The Morgan fingerprint density at radius 2 is 1.89 bits per heavy atom. The molecule has 2 aromatic carbocycles. The highest BCUT2D eigenvalue weighted by atomic mass is 16.2. The number of carbonyl (C=O) groups is 1. The molecule has 3 N–H and O–H groups in total. The molecule has 9 heteroatoms. The van der Waals surface area contributed by atoms with Gasteiger partial charge in [0.1, 0.15) is 5.52 Å². The summed E-state index contributed by atoms with van der Waals surface area (Å²) in [5.41, 5.74) is 5.85. The second kappa shape index (κ2) is 7.91. The van der Waals surface area contributed by atoms with Gasteiger partial charge in [0, 0.05) is 35.9 Å². The van der Waals surface area contributed by atoms with Crippen LogP contribution in [0.4, 0.5) is 5.69 Å². The van der Waals surface area contributed by atoms with Gasteiger partial charge in [0.15, 0.2) is 11.5 Å². The summed E-state index contributed by atoms with van der Waals surface area (Å²) >= 11 is 0. The summed E-state index contributed by atoms with van der Waals surface area (Å²) in [6.45, 7) is 2.01. The van der Waals surface area contributed by atoms with Crippen molar-refractivity contribution in [2.45, 2.75) is 24.8 Å². The van der Waals surface area contributed by atoms with E-state index in [2.05, 4.69) is 44.5 Å². The van der Waals surface area contributed by atoms with E-state index in [9.17, 15) is 4.79 Å². The molecule has 2 aliphatic heterocycles. The van der Waals surface area contributed by atoms with Crippen molar-refractivity contribution >= 4 is 33.7 Å². The predicted molar refractivity (Wildman–Crippen MR) is 137 cm³/mol. The van der Waals surface area contributed by atoms with Crippen LogP contribution < -0.4 is 11.2 Å². The van der Waals surface area contributed by atoms with E-state index in [4.69, 9.17) is 10.8 Å². The summed E-state index contributed by atoms with van der Waals surface area (Å²) in [5.74, 6) is 6.65. The van der Waals surface area contributed by atoms with Gasteiger partial charge < -0.3 is 9.88 Å². The maximum atomic E-state index is 13.0. The number of nitrogens with one attached hydrogen (secondary N) is 1. The van der Waals surface area contributed by atoms with Gasteiger partial charge in [-0.3, -0.25) is 15.6 Å². The Bertz CT molecular complexity index is 1650.